The molecule has 2 rings (SSSR count). The summed E-state index contributed by atoms with van der Waals surface area (Å²) in [7, 11) is 2.78. The van der Waals surface area contributed by atoms with E-state index in [0.717, 1.165) is 0 Å². The maximum Gasteiger partial charge on any atom is 0.269 e. The summed E-state index contributed by atoms with van der Waals surface area (Å²) in [6, 6.07) is 8.80. The summed E-state index contributed by atoms with van der Waals surface area (Å²) in [4.78, 5) is 0. The van der Waals surface area contributed by atoms with Crippen LogP contribution in [-0.4, -0.2) is 39.6 Å². The van der Waals surface area contributed by atoms with Gasteiger partial charge >= 0.3 is 0 Å². The summed E-state index contributed by atoms with van der Waals surface area (Å²) in [5.74, 6) is 0.589. The highest BCUT2D eigenvalue weighted by Crippen LogP contribution is 2.43. The van der Waals surface area contributed by atoms with Gasteiger partial charge in [-0.05, 0) is 18.6 Å². The first-order valence-corrected chi connectivity index (χ1v) is 8.11. The van der Waals surface area contributed by atoms with Gasteiger partial charge in [0.2, 0.25) is 0 Å². The summed E-state index contributed by atoms with van der Waals surface area (Å²) in [6.07, 6.45) is 0.612. The van der Waals surface area contributed by atoms with Crippen LogP contribution in [0.3, 0.4) is 0 Å². The Morgan fingerprint density at radius 1 is 1.44 bits per heavy atom. The summed E-state index contributed by atoms with van der Waals surface area (Å²) >= 11 is 0. The highest BCUT2D eigenvalue weighted by atomic mass is 31.2. The first-order chi connectivity index (χ1) is 8.55. The molecule has 1 saturated heterocycles. The van der Waals surface area contributed by atoms with E-state index in [9.17, 15) is 4.57 Å². The zero-order valence-corrected chi connectivity index (χ0v) is 11.2. The molecule has 1 aromatic rings. The average molecular weight is 266 g/mol. The number of hydrogen-bond donors (Lipinski definition) is 0. The van der Waals surface area contributed by atoms with E-state index in [1.165, 1.54) is 0 Å². The molecule has 0 aliphatic carbocycles. The first kappa shape index (κ1) is 13.7. The normalized spacial score (nSPS) is 26.7. The smallest absolute Gasteiger partial charge is 0.269 e. The van der Waals surface area contributed by atoms with E-state index in [-0.39, 0.29) is 18.5 Å². The third-order valence-corrected chi connectivity index (χ3v) is 3.79. The lowest BCUT2D eigenvalue weighted by molar-refractivity contribution is 0.0643. The second-order valence-electron chi connectivity index (χ2n) is 4.44. The minimum Gasteiger partial charge on any atom is -0.441 e. The maximum absolute atomic E-state index is 12.2. The molecule has 18 heavy (non-hydrogen) atoms. The van der Waals surface area contributed by atoms with Crippen molar-refractivity contribution in [2.24, 2.45) is 0 Å². The van der Waals surface area contributed by atoms with Gasteiger partial charge in [-0.3, -0.25) is 4.57 Å². The van der Waals surface area contributed by atoms with Crippen molar-refractivity contribution in [3.05, 3.63) is 30.3 Å². The fourth-order valence-electron chi connectivity index (χ4n) is 1.71. The van der Waals surface area contributed by atoms with Gasteiger partial charge in [0, 0.05) is 12.7 Å². The molecule has 0 saturated carbocycles. The molecule has 1 fully saturated rings. The molecule has 4 nitrogen and oxygen atoms in total. The molecule has 0 bridgehead atoms. The van der Waals surface area contributed by atoms with E-state index in [0.29, 0.717) is 18.8 Å². The van der Waals surface area contributed by atoms with Crippen LogP contribution in [0.5, 0.6) is 5.75 Å². The quantitative estimate of drug-likeness (QED) is 0.605. The Morgan fingerprint density at radius 3 is 2.78 bits per heavy atom. The molecule has 1 aliphatic heterocycles. The second kappa shape index (κ2) is 5.92. The number of para-hydroxylation sites is 1. The van der Waals surface area contributed by atoms with Crippen LogP contribution in [0.25, 0.3) is 0 Å². The number of hydrogen-bond acceptors (Lipinski definition) is 4. The molecule has 3 atom stereocenters. The minimum absolute atomic E-state index is 0.0721. The lowest BCUT2D eigenvalue weighted by Crippen LogP contribution is -2.15. The van der Waals surface area contributed by atoms with Crippen molar-refractivity contribution in [1.82, 2.24) is 0 Å². The van der Waals surface area contributed by atoms with Crippen molar-refractivity contribution in [3.8, 4) is 5.75 Å². The van der Waals surface area contributed by atoms with E-state index in [2.05, 4.69) is 0 Å². The molecule has 1 heterocycles. The third kappa shape index (κ3) is 4.16. The van der Waals surface area contributed by atoms with Gasteiger partial charge in [0.15, 0.2) is 0 Å². The van der Waals surface area contributed by atoms with Crippen molar-refractivity contribution in [2.45, 2.75) is 18.5 Å². The Labute approximate surface area is 108 Å². The van der Waals surface area contributed by atoms with Gasteiger partial charge < -0.3 is 14.0 Å². The van der Waals surface area contributed by atoms with Crippen molar-refractivity contribution in [1.29, 1.82) is 0 Å². The molecule has 0 spiro atoms. The monoisotopic (exact) mass is 266 g/mol. The summed E-state index contributed by atoms with van der Waals surface area (Å²) in [5, 5.41) is 0. The van der Waals surface area contributed by atoms with Gasteiger partial charge in [-0.1, -0.05) is 18.2 Å². The summed E-state index contributed by atoms with van der Waals surface area (Å²) in [6.45, 7) is 2.02. The Morgan fingerprint density at radius 2 is 2.17 bits per heavy atom. The van der Waals surface area contributed by atoms with Crippen LogP contribution in [0.4, 0.5) is 0 Å². The molecule has 6 heteroatoms. The van der Waals surface area contributed by atoms with Gasteiger partial charge in [-0.25, -0.2) is 0 Å². The molecule has 0 amide bonds. The predicted octanol–water partition coefficient (Wildman–Crippen LogP) is 2.23. The number of rotatable bonds is 5. The first-order valence-electron chi connectivity index (χ1n) is 5.85. The van der Waals surface area contributed by atoms with Crippen LogP contribution < -0.4 is 4.52 Å². The number of benzene rings is 1. The second-order valence-corrected chi connectivity index (χ2v) is 6.91. The van der Waals surface area contributed by atoms with Crippen molar-refractivity contribution in [3.63, 3.8) is 0 Å². The molecular weight excluding hydrogens is 250 g/mol. The highest BCUT2D eigenvalue weighted by Gasteiger charge is 2.26. The largest absolute Gasteiger partial charge is 0.441 e. The zero-order chi connectivity index (χ0) is 13.0. The third-order valence-electron chi connectivity index (χ3n) is 2.58. The predicted molar refractivity (Wildman–Crippen MR) is 70.5 cm³/mol. The van der Waals surface area contributed by atoms with Crippen molar-refractivity contribution in [2.75, 3.05) is 19.6 Å². The number of ether oxygens (including phenoxy) is 2. The summed E-state index contributed by atoms with van der Waals surface area (Å²) < 4.78 is 28.3. The van der Waals surface area contributed by atoms with Gasteiger partial charge in [-0.2, -0.15) is 0 Å². The van der Waals surface area contributed by atoms with E-state index >= 15 is 0 Å². The molecule has 0 N–H and O–H groups in total. The van der Waals surface area contributed by atoms with E-state index in [1.807, 2.05) is 18.2 Å². The molecular formula is C12H16BO4P. The SMILES string of the molecule is [B][C@H]1C[C@@H](OCP(C)(=O)Oc2ccccc2)CO1. The van der Waals surface area contributed by atoms with Gasteiger partial charge in [0.1, 0.15) is 19.9 Å². The molecule has 1 aliphatic rings. The standard InChI is InChI=1S/C12H16BO4P/c1-18(14,17-10-5-3-2-4-6-10)9-16-11-7-12(13)15-8-11/h2-6,11-12H,7-9H2,1H3/t11-,12-,18?/m1/s1. The molecule has 1 unspecified atom stereocenters. The molecule has 96 valence electrons. The average Bonchev–Trinajstić information content (AvgIpc) is 2.74. The molecule has 0 aromatic heterocycles. The van der Waals surface area contributed by atoms with Gasteiger partial charge in [0.25, 0.3) is 7.37 Å². The Hall–Kier alpha value is -0.765. The van der Waals surface area contributed by atoms with Crippen molar-refractivity contribution < 1.29 is 18.6 Å². The fourth-order valence-corrected chi connectivity index (χ4v) is 2.82. The van der Waals surface area contributed by atoms with Crippen LogP contribution in [0, 0.1) is 0 Å². The highest BCUT2D eigenvalue weighted by molar-refractivity contribution is 7.58. The van der Waals surface area contributed by atoms with E-state index in [1.54, 1.807) is 18.8 Å². The fraction of sp³-hybridized carbons (Fsp3) is 0.500. The molecule has 2 radical (unpaired) electrons. The Kier molecular flexibility index (Phi) is 4.49. The maximum atomic E-state index is 12.2. The lowest BCUT2D eigenvalue weighted by atomic mass is 9.97. The lowest BCUT2D eigenvalue weighted by Gasteiger charge is -2.17. The van der Waals surface area contributed by atoms with E-state index in [4.69, 9.17) is 21.8 Å². The van der Waals surface area contributed by atoms with Crippen LogP contribution in [0.2, 0.25) is 0 Å². The van der Waals surface area contributed by atoms with Crippen molar-refractivity contribution >= 4 is 15.2 Å². The van der Waals surface area contributed by atoms with Crippen LogP contribution in [0.1, 0.15) is 6.42 Å². The Balaban J connectivity index is 1.82. The Bertz CT molecular complexity index is 425. The van der Waals surface area contributed by atoms with Crippen LogP contribution >= 0.6 is 7.37 Å². The van der Waals surface area contributed by atoms with E-state index < -0.39 is 7.37 Å². The molecule has 1 aromatic carbocycles. The topological polar surface area (TPSA) is 44.8 Å². The summed E-state index contributed by atoms with van der Waals surface area (Å²) in [5.41, 5.74) is 0. The van der Waals surface area contributed by atoms with Crippen LogP contribution in [-0.2, 0) is 14.0 Å². The van der Waals surface area contributed by atoms with Gasteiger partial charge in [0.05, 0.1) is 12.7 Å². The minimum atomic E-state index is -2.81. The van der Waals surface area contributed by atoms with Gasteiger partial charge in [-0.15, -0.1) is 0 Å². The zero-order valence-electron chi connectivity index (χ0n) is 10.3. The van der Waals surface area contributed by atoms with Crippen LogP contribution in [0.15, 0.2) is 30.3 Å².